The van der Waals surface area contributed by atoms with Gasteiger partial charge in [0.05, 0.1) is 13.2 Å². The van der Waals surface area contributed by atoms with Gasteiger partial charge in [-0.05, 0) is 18.1 Å². The van der Waals surface area contributed by atoms with E-state index in [2.05, 4.69) is 15.5 Å². The summed E-state index contributed by atoms with van der Waals surface area (Å²) in [5.74, 6) is 0.737. The normalized spacial score (nSPS) is 18.0. The van der Waals surface area contributed by atoms with Crippen molar-refractivity contribution in [2.75, 3.05) is 19.7 Å². The maximum absolute atomic E-state index is 12.4. The number of amides is 2. The van der Waals surface area contributed by atoms with Crippen LogP contribution in [-0.2, 0) is 18.3 Å². The van der Waals surface area contributed by atoms with Crippen LogP contribution in [0.5, 0.6) is 0 Å². The Morgan fingerprint density at radius 1 is 1.43 bits per heavy atom. The molecule has 1 fully saturated rings. The van der Waals surface area contributed by atoms with E-state index in [1.54, 1.807) is 11.2 Å². The molecule has 1 aromatic heterocycles. The summed E-state index contributed by atoms with van der Waals surface area (Å²) in [6.45, 7) is 4.12. The molecule has 0 aliphatic carbocycles. The molecule has 2 heterocycles. The van der Waals surface area contributed by atoms with Crippen molar-refractivity contribution in [2.24, 2.45) is 7.05 Å². The lowest BCUT2D eigenvalue weighted by atomic mass is 10.1. The number of aryl methyl sites for hydroxylation is 2. The van der Waals surface area contributed by atoms with Gasteiger partial charge in [-0.25, -0.2) is 4.79 Å². The number of benzene rings is 1. The van der Waals surface area contributed by atoms with Crippen molar-refractivity contribution in [3.63, 3.8) is 0 Å². The standard InChI is InChI=1S/C16H21N5O2/c1-12-5-3-4-6-13(12)9-17-16(22)21-7-8-23-14(10-21)15-19-18-11-20(15)2/h3-6,11,14H,7-10H2,1-2H3,(H,17,22). The fourth-order valence-corrected chi connectivity index (χ4v) is 2.66. The van der Waals surface area contributed by atoms with Crippen LogP contribution in [0.15, 0.2) is 30.6 Å². The van der Waals surface area contributed by atoms with E-state index in [0.29, 0.717) is 26.2 Å². The number of carbonyl (C=O) groups is 1. The van der Waals surface area contributed by atoms with E-state index in [0.717, 1.165) is 11.4 Å². The van der Waals surface area contributed by atoms with E-state index in [4.69, 9.17) is 4.74 Å². The molecule has 2 amide bonds. The van der Waals surface area contributed by atoms with Gasteiger partial charge in [0.15, 0.2) is 5.82 Å². The van der Waals surface area contributed by atoms with E-state index in [1.807, 2.05) is 42.8 Å². The van der Waals surface area contributed by atoms with Crippen LogP contribution in [0.1, 0.15) is 23.1 Å². The summed E-state index contributed by atoms with van der Waals surface area (Å²) in [4.78, 5) is 14.2. The number of carbonyl (C=O) groups excluding carboxylic acids is 1. The molecule has 0 saturated carbocycles. The maximum atomic E-state index is 12.4. The molecular formula is C16H21N5O2. The number of rotatable bonds is 3. The average Bonchev–Trinajstić information content (AvgIpc) is 3.00. The highest BCUT2D eigenvalue weighted by Gasteiger charge is 2.28. The first-order chi connectivity index (χ1) is 11.1. The van der Waals surface area contributed by atoms with Gasteiger partial charge >= 0.3 is 6.03 Å². The highest BCUT2D eigenvalue weighted by Crippen LogP contribution is 2.19. The molecule has 122 valence electrons. The Hall–Kier alpha value is -2.41. The van der Waals surface area contributed by atoms with Crippen LogP contribution in [0.25, 0.3) is 0 Å². The minimum atomic E-state index is -0.236. The second kappa shape index (κ2) is 6.78. The van der Waals surface area contributed by atoms with Gasteiger partial charge in [0.1, 0.15) is 12.4 Å². The number of nitrogens with zero attached hydrogens (tertiary/aromatic N) is 4. The zero-order chi connectivity index (χ0) is 16.2. The molecule has 1 saturated heterocycles. The second-order valence-corrected chi connectivity index (χ2v) is 5.69. The summed E-state index contributed by atoms with van der Waals surface area (Å²) in [5.41, 5.74) is 2.30. The molecule has 1 aromatic carbocycles. The molecule has 1 aliphatic rings. The average molecular weight is 315 g/mol. The van der Waals surface area contributed by atoms with Crippen LogP contribution in [0, 0.1) is 6.92 Å². The fraction of sp³-hybridized carbons (Fsp3) is 0.438. The highest BCUT2D eigenvalue weighted by molar-refractivity contribution is 5.74. The molecular weight excluding hydrogens is 294 g/mol. The lowest BCUT2D eigenvalue weighted by molar-refractivity contribution is -0.0214. The molecule has 0 radical (unpaired) electrons. The number of morpholine rings is 1. The van der Waals surface area contributed by atoms with E-state index < -0.39 is 0 Å². The van der Waals surface area contributed by atoms with E-state index in [9.17, 15) is 4.79 Å². The maximum Gasteiger partial charge on any atom is 0.317 e. The zero-order valence-corrected chi connectivity index (χ0v) is 13.4. The van der Waals surface area contributed by atoms with Gasteiger partial charge in [0.25, 0.3) is 0 Å². The van der Waals surface area contributed by atoms with Crippen molar-refractivity contribution in [3.05, 3.63) is 47.5 Å². The van der Waals surface area contributed by atoms with Crippen LogP contribution < -0.4 is 5.32 Å². The summed E-state index contributed by atoms with van der Waals surface area (Å²) < 4.78 is 7.54. The van der Waals surface area contributed by atoms with Crippen molar-refractivity contribution >= 4 is 6.03 Å². The third-order valence-corrected chi connectivity index (χ3v) is 4.08. The van der Waals surface area contributed by atoms with Crippen molar-refractivity contribution in [1.29, 1.82) is 0 Å². The van der Waals surface area contributed by atoms with Gasteiger partial charge in [0.2, 0.25) is 0 Å². The molecule has 2 aromatic rings. The van der Waals surface area contributed by atoms with Crippen LogP contribution in [0.2, 0.25) is 0 Å². The molecule has 1 N–H and O–H groups in total. The van der Waals surface area contributed by atoms with Crippen LogP contribution in [-0.4, -0.2) is 45.4 Å². The Morgan fingerprint density at radius 3 is 3.00 bits per heavy atom. The van der Waals surface area contributed by atoms with Crippen molar-refractivity contribution in [2.45, 2.75) is 19.6 Å². The number of urea groups is 1. The zero-order valence-electron chi connectivity index (χ0n) is 13.4. The summed E-state index contributed by atoms with van der Waals surface area (Å²) in [7, 11) is 1.87. The minimum Gasteiger partial charge on any atom is -0.366 e. The topological polar surface area (TPSA) is 72.3 Å². The summed E-state index contributed by atoms with van der Waals surface area (Å²) >= 11 is 0. The Kier molecular flexibility index (Phi) is 4.57. The number of nitrogens with one attached hydrogen (secondary N) is 1. The lowest BCUT2D eigenvalue weighted by Crippen LogP contribution is -2.47. The molecule has 23 heavy (non-hydrogen) atoms. The van der Waals surface area contributed by atoms with Gasteiger partial charge in [-0.1, -0.05) is 24.3 Å². The lowest BCUT2D eigenvalue weighted by Gasteiger charge is -2.32. The Morgan fingerprint density at radius 2 is 2.26 bits per heavy atom. The quantitative estimate of drug-likeness (QED) is 0.929. The van der Waals surface area contributed by atoms with Gasteiger partial charge in [0, 0.05) is 20.1 Å². The van der Waals surface area contributed by atoms with Crippen molar-refractivity contribution in [3.8, 4) is 0 Å². The first kappa shape index (κ1) is 15.5. The molecule has 3 rings (SSSR count). The Labute approximate surface area is 135 Å². The molecule has 1 aliphatic heterocycles. The minimum absolute atomic E-state index is 0.0799. The molecule has 1 atom stereocenters. The predicted octanol–water partition coefficient (Wildman–Crippen LogP) is 1.41. The molecule has 7 nitrogen and oxygen atoms in total. The number of hydrogen-bond donors (Lipinski definition) is 1. The Balaban J connectivity index is 1.59. The van der Waals surface area contributed by atoms with Gasteiger partial charge in [-0.3, -0.25) is 0 Å². The third kappa shape index (κ3) is 3.50. The van der Waals surface area contributed by atoms with E-state index >= 15 is 0 Å². The first-order valence-electron chi connectivity index (χ1n) is 7.68. The third-order valence-electron chi connectivity index (χ3n) is 4.08. The molecule has 7 heteroatoms. The van der Waals surface area contributed by atoms with Crippen LogP contribution >= 0.6 is 0 Å². The van der Waals surface area contributed by atoms with E-state index in [1.165, 1.54) is 5.56 Å². The number of ether oxygens (including phenoxy) is 1. The van der Waals surface area contributed by atoms with Crippen molar-refractivity contribution < 1.29 is 9.53 Å². The first-order valence-corrected chi connectivity index (χ1v) is 7.68. The SMILES string of the molecule is Cc1ccccc1CNC(=O)N1CCOC(c2nncn2C)C1. The monoisotopic (exact) mass is 315 g/mol. The predicted molar refractivity (Wildman–Crippen MR) is 84.7 cm³/mol. The Bertz CT molecular complexity index is 685. The second-order valence-electron chi connectivity index (χ2n) is 5.69. The molecule has 0 spiro atoms. The van der Waals surface area contributed by atoms with Crippen LogP contribution in [0.3, 0.4) is 0 Å². The van der Waals surface area contributed by atoms with Crippen LogP contribution in [0.4, 0.5) is 4.79 Å². The van der Waals surface area contributed by atoms with E-state index in [-0.39, 0.29) is 12.1 Å². The summed E-state index contributed by atoms with van der Waals surface area (Å²) in [6, 6.07) is 7.96. The molecule has 0 bridgehead atoms. The largest absolute Gasteiger partial charge is 0.366 e. The molecule has 1 unspecified atom stereocenters. The van der Waals surface area contributed by atoms with Gasteiger partial charge in [-0.2, -0.15) is 0 Å². The highest BCUT2D eigenvalue weighted by atomic mass is 16.5. The summed E-state index contributed by atoms with van der Waals surface area (Å²) in [6.07, 6.45) is 1.40. The fourth-order valence-electron chi connectivity index (χ4n) is 2.66. The van der Waals surface area contributed by atoms with Crippen molar-refractivity contribution in [1.82, 2.24) is 25.0 Å². The number of aromatic nitrogens is 3. The van der Waals surface area contributed by atoms with Gasteiger partial charge in [-0.15, -0.1) is 10.2 Å². The number of hydrogen-bond acceptors (Lipinski definition) is 4. The van der Waals surface area contributed by atoms with Gasteiger partial charge < -0.3 is 19.5 Å². The smallest absolute Gasteiger partial charge is 0.317 e. The summed E-state index contributed by atoms with van der Waals surface area (Å²) in [5, 5.41) is 10.9.